The molecule has 4 heteroatoms. The highest BCUT2D eigenvalue weighted by molar-refractivity contribution is 5.99. The number of Topliss-reactive ketones (excluding diaryl/α,β-unsaturated/α-hetero) is 1. The molecule has 1 N–H and O–H groups in total. The Kier molecular flexibility index (Phi) is 3.48. The van der Waals surface area contributed by atoms with Crippen LogP contribution in [-0.4, -0.2) is 23.9 Å². The van der Waals surface area contributed by atoms with Gasteiger partial charge < -0.3 is 10.1 Å². The summed E-state index contributed by atoms with van der Waals surface area (Å²) in [5, 5.41) is 2.80. The van der Waals surface area contributed by atoms with Crippen molar-refractivity contribution in [3.63, 3.8) is 0 Å². The second-order valence-electron chi connectivity index (χ2n) is 4.77. The lowest BCUT2D eigenvalue weighted by molar-refractivity contribution is -0.133. The number of nitrogens with one attached hydrogen (secondary N) is 1. The van der Waals surface area contributed by atoms with Crippen LogP contribution >= 0.6 is 0 Å². The van der Waals surface area contributed by atoms with E-state index >= 15 is 0 Å². The number of amides is 1. The number of carbonyl (C=O) groups excluding carboxylic acids is 2. The minimum atomic E-state index is -0.744. The fourth-order valence-electron chi connectivity index (χ4n) is 2.04. The van der Waals surface area contributed by atoms with E-state index in [1.807, 2.05) is 0 Å². The highest BCUT2D eigenvalue weighted by Gasteiger charge is 2.37. The highest BCUT2D eigenvalue weighted by Crippen LogP contribution is 2.26. The maximum absolute atomic E-state index is 12.1. The SMILES string of the molecule is CC(=O)c1cccc(NC(=O)C2(C)CCCO2)c1. The molecule has 1 saturated heterocycles. The molecule has 1 unspecified atom stereocenters. The van der Waals surface area contributed by atoms with Crippen LogP contribution in [0.15, 0.2) is 24.3 Å². The summed E-state index contributed by atoms with van der Waals surface area (Å²) in [6.45, 7) is 3.92. The van der Waals surface area contributed by atoms with Gasteiger partial charge in [-0.2, -0.15) is 0 Å². The van der Waals surface area contributed by atoms with Crippen molar-refractivity contribution in [1.82, 2.24) is 0 Å². The molecule has 96 valence electrons. The Bertz CT molecular complexity index is 476. The van der Waals surface area contributed by atoms with Gasteiger partial charge in [-0.05, 0) is 38.8 Å². The average Bonchev–Trinajstić information content (AvgIpc) is 2.78. The van der Waals surface area contributed by atoms with Gasteiger partial charge in [0.25, 0.3) is 5.91 Å². The zero-order valence-corrected chi connectivity index (χ0v) is 10.7. The number of ether oxygens (including phenoxy) is 1. The molecule has 1 aliphatic heterocycles. The summed E-state index contributed by atoms with van der Waals surface area (Å²) in [4.78, 5) is 23.4. The summed E-state index contributed by atoms with van der Waals surface area (Å²) >= 11 is 0. The molecule has 0 radical (unpaired) electrons. The van der Waals surface area contributed by atoms with E-state index in [1.54, 1.807) is 31.2 Å². The third-order valence-electron chi connectivity index (χ3n) is 3.23. The van der Waals surface area contributed by atoms with Gasteiger partial charge in [-0.1, -0.05) is 12.1 Å². The second-order valence-corrected chi connectivity index (χ2v) is 4.77. The molecule has 4 nitrogen and oxygen atoms in total. The lowest BCUT2D eigenvalue weighted by Gasteiger charge is -2.22. The number of carbonyl (C=O) groups is 2. The van der Waals surface area contributed by atoms with Gasteiger partial charge in [0.15, 0.2) is 5.78 Å². The molecule has 1 atom stereocenters. The van der Waals surface area contributed by atoms with Crippen LogP contribution in [0.5, 0.6) is 0 Å². The smallest absolute Gasteiger partial charge is 0.256 e. The van der Waals surface area contributed by atoms with Crippen molar-refractivity contribution in [1.29, 1.82) is 0 Å². The fourth-order valence-corrected chi connectivity index (χ4v) is 2.04. The molecule has 0 aromatic heterocycles. The van der Waals surface area contributed by atoms with Gasteiger partial charge in [-0.25, -0.2) is 0 Å². The number of hydrogen-bond donors (Lipinski definition) is 1. The molecular weight excluding hydrogens is 230 g/mol. The first-order valence-corrected chi connectivity index (χ1v) is 6.08. The van der Waals surface area contributed by atoms with Crippen molar-refractivity contribution in [2.24, 2.45) is 0 Å². The summed E-state index contributed by atoms with van der Waals surface area (Å²) < 4.78 is 5.47. The molecule has 0 bridgehead atoms. The van der Waals surface area contributed by atoms with Crippen LogP contribution < -0.4 is 5.32 Å². The standard InChI is InChI=1S/C14H17NO3/c1-10(16)11-5-3-6-12(9-11)15-13(17)14(2)7-4-8-18-14/h3,5-6,9H,4,7-8H2,1-2H3,(H,15,17). The maximum atomic E-state index is 12.1. The number of ketones is 1. The van der Waals surface area contributed by atoms with Crippen LogP contribution in [0.4, 0.5) is 5.69 Å². The molecule has 1 aromatic rings. The normalized spacial score (nSPS) is 22.8. The molecule has 0 aliphatic carbocycles. The lowest BCUT2D eigenvalue weighted by Crippen LogP contribution is -2.39. The first-order valence-electron chi connectivity index (χ1n) is 6.08. The van der Waals surface area contributed by atoms with Crippen LogP contribution in [0.3, 0.4) is 0 Å². The molecule has 1 aromatic carbocycles. The predicted molar refractivity (Wildman–Crippen MR) is 68.7 cm³/mol. The van der Waals surface area contributed by atoms with Crippen LogP contribution in [0.25, 0.3) is 0 Å². The zero-order chi connectivity index (χ0) is 13.2. The zero-order valence-electron chi connectivity index (χ0n) is 10.7. The fraction of sp³-hybridized carbons (Fsp3) is 0.429. The van der Waals surface area contributed by atoms with Gasteiger partial charge in [0.2, 0.25) is 0 Å². The van der Waals surface area contributed by atoms with Crippen LogP contribution in [-0.2, 0) is 9.53 Å². The molecule has 18 heavy (non-hydrogen) atoms. The Labute approximate surface area is 106 Å². The first kappa shape index (κ1) is 12.8. The average molecular weight is 247 g/mol. The molecule has 1 heterocycles. The van der Waals surface area contributed by atoms with Gasteiger partial charge >= 0.3 is 0 Å². The van der Waals surface area contributed by atoms with Crippen LogP contribution in [0, 0.1) is 0 Å². The number of benzene rings is 1. The molecule has 0 spiro atoms. The molecule has 0 saturated carbocycles. The number of hydrogen-bond acceptors (Lipinski definition) is 3. The van der Waals surface area contributed by atoms with Gasteiger partial charge in [-0.15, -0.1) is 0 Å². The molecule has 1 fully saturated rings. The second kappa shape index (κ2) is 4.90. The Morgan fingerprint density at radius 3 is 2.78 bits per heavy atom. The van der Waals surface area contributed by atoms with E-state index in [-0.39, 0.29) is 11.7 Å². The van der Waals surface area contributed by atoms with E-state index in [2.05, 4.69) is 5.32 Å². The summed E-state index contributed by atoms with van der Waals surface area (Å²) in [6.07, 6.45) is 1.63. The molecule has 1 amide bonds. The Hall–Kier alpha value is -1.68. The highest BCUT2D eigenvalue weighted by atomic mass is 16.5. The van der Waals surface area contributed by atoms with E-state index < -0.39 is 5.60 Å². The van der Waals surface area contributed by atoms with E-state index in [1.165, 1.54) is 6.92 Å². The van der Waals surface area contributed by atoms with Crippen LogP contribution in [0.2, 0.25) is 0 Å². The molecule has 2 rings (SSSR count). The van der Waals surface area contributed by atoms with Crippen molar-refractivity contribution >= 4 is 17.4 Å². The van der Waals surface area contributed by atoms with Crippen molar-refractivity contribution in [3.8, 4) is 0 Å². The Morgan fingerprint density at radius 2 is 2.17 bits per heavy atom. The quantitative estimate of drug-likeness (QED) is 0.834. The van der Waals surface area contributed by atoms with E-state index in [4.69, 9.17) is 4.74 Å². The predicted octanol–water partition coefficient (Wildman–Crippen LogP) is 2.40. The van der Waals surface area contributed by atoms with E-state index in [9.17, 15) is 9.59 Å². The van der Waals surface area contributed by atoms with Crippen LogP contribution in [0.1, 0.15) is 37.0 Å². The number of anilines is 1. The van der Waals surface area contributed by atoms with Gasteiger partial charge in [0.1, 0.15) is 5.60 Å². The molecular formula is C14H17NO3. The van der Waals surface area contributed by atoms with Gasteiger partial charge in [-0.3, -0.25) is 9.59 Å². The van der Waals surface area contributed by atoms with Gasteiger partial charge in [0, 0.05) is 17.9 Å². The third-order valence-corrected chi connectivity index (χ3v) is 3.23. The maximum Gasteiger partial charge on any atom is 0.256 e. The Morgan fingerprint density at radius 1 is 1.39 bits per heavy atom. The summed E-state index contributed by atoms with van der Waals surface area (Å²) in [7, 11) is 0. The topological polar surface area (TPSA) is 55.4 Å². The third kappa shape index (κ3) is 2.59. The van der Waals surface area contributed by atoms with E-state index in [0.29, 0.717) is 17.9 Å². The Balaban J connectivity index is 2.11. The first-order chi connectivity index (χ1) is 8.51. The summed E-state index contributed by atoms with van der Waals surface area (Å²) in [5.41, 5.74) is 0.474. The minimum Gasteiger partial charge on any atom is -0.365 e. The minimum absolute atomic E-state index is 0.0190. The van der Waals surface area contributed by atoms with Gasteiger partial charge in [0.05, 0.1) is 0 Å². The van der Waals surface area contributed by atoms with Crippen molar-refractivity contribution in [2.75, 3.05) is 11.9 Å². The van der Waals surface area contributed by atoms with E-state index in [0.717, 1.165) is 12.8 Å². The summed E-state index contributed by atoms with van der Waals surface area (Å²) in [6, 6.07) is 6.93. The molecule has 1 aliphatic rings. The number of rotatable bonds is 3. The van der Waals surface area contributed by atoms with Crippen molar-refractivity contribution in [3.05, 3.63) is 29.8 Å². The summed E-state index contributed by atoms with van der Waals surface area (Å²) in [5.74, 6) is -0.171. The monoisotopic (exact) mass is 247 g/mol. The lowest BCUT2D eigenvalue weighted by atomic mass is 10.0. The largest absolute Gasteiger partial charge is 0.365 e. The van der Waals surface area contributed by atoms with Crippen molar-refractivity contribution in [2.45, 2.75) is 32.3 Å². The van der Waals surface area contributed by atoms with Crippen molar-refractivity contribution < 1.29 is 14.3 Å².